The van der Waals surface area contributed by atoms with Crippen LogP contribution in [-0.2, 0) is 15.6 Å². The van der Waals surface area contributed by atoms with Crippen LogP contribution in [0.15, 0.2) is 16.5 Å². The maximum atomic E-state index is 11.4. The fourth-order valence-electron chi connectivity index (χ4n) is 1.06. The molecule has 0 radical (unpaired) electrons. The predicted octanol–water partition coefficient (Wildman–Crippen LogP) is 0.806. The van der Waals surface area contributed by atoms with Gasteiger partial charge in [-0.2, -0.15) is 5.26 Å². The van der Waals surface area contributed by atoms with Crippen molar-refractivity contribution in [3.8, 4) is 6.07 Å². The van der Waals surface area contributed by atoms with Crippen molar-refractivity contribution in [2.24, 2.45) is 0 Å². The highest BCUT2D eigenvalue weighted by atomic mass is 32.2. The van der Waals surface area contributed by atoms with Gasteiger partial charge in [0.1, 0.15) is 11.5 Å². The van der Waals surface area contributed by atoms with Gasteiger partial charge in [0.25, 0.3) is 0 Å². The maximum absolute atomic E-state index is 11.4. The van der Waals surface area contributed by atoms with E-state index >= 15 is 0 Å². The lowest BCUT2D eigenvalue weighted by atomic mass is 10.4. The second-order valence-corrected chi connectivity index (χ2v) is 5.26. The van der Waals surface area contributed by atoms with Crippen LogP contribution in [0.2, 0.25) is 0 Å². The number of carboxylic acid groups (broad SMARTS) is 1. The summed E-state index contributed by atoms with van der Waals surface area (Å²) < 4.78 is 27.6. The van der Waals surface area contributed by atoms with Gasteiger partial charge in [-0.05, 0) is 12.1 Å². The molecular weight excluding hydrogens is 234 g/mol. The number of carboxylic acids is 1. The summed E-state index contributed by atoms with van der Waals surface area (Å²) in [6.45, 7) is 0. The molecule has 0 fully saturated rings. The summed E-state index contributed by atoms with van der Waals surface area (Å²) in [5.41, 5.74) is 0. The van der Waals surface area contributed by atoms with E-state index in [9.17, 15) is 13.2 Å². The number of nitriles is 1. The lowest BCUT2D eigenvalue weighted by Crippen LogP contribution is -2.08. The Morgan fingerprint density at radius 1 is 1.50 bits per heavy atom. The summed E-state index contributed by atoms with van der Waals surface area (Å²) in [6, 6.07) is 4.22. The monoisotopic (exact) mass is 243 g/mol. The van der Waals surface area contributed by atoms with Crippen LogP contribution in [0.3, 0.4) is 0 Å². The maximum Gasteiger partial charge on any atom is 0.371 e. The summed E-state index contributed by atoms with van der Waals surface area (Å²) in [7, 11) is -3.42. The number of rotatable bonds is 5. The molecule has 86 valence electrons. The van der Waals surface area contributed by atoms with Crippen molar-refractivity contribution in [3.63, 3.8) is 0 Å². The molecule has 0 saturated heterocycles. The number of aromatic carboxylic acids is 1. The van der Waals surface area contributed by atoms with Crippen LogP contribution < -0.4 is 0 Å². The van der Waals surface area contributed by atoms with Gasteiger partial charge in [-0.25, -0.2) is 13.2 Å². The van der Waals surface area contributed by atoms with Crippen LogP contribution in [0.4, 0.5) is 0 Å². The van der Waals surface area contributed by atoms with Crippen LogP contribution in [0, 0.1) is 11.3 Å². The van der Waals surface area contributed by atoms with E-state index in [-0.39, 0.29) is 29.4 Å². The summed E-state index contributed by atoms with van der Waals surface area (Å²) in [6.07, 6.45) is -0.0885. The van der Waals surface area contributed by atoms with E-state index in [1.807, 2.05) is 0 Å². The minimum Gasteiger partial charge on any atom is -0.475 e. The van der Waals surface area contributed by atoms with Gasteiger partial charge in [-0.3, -0.25) is 0 Å². The quantitative estimate of drug-likeness (QED) is 0.819. The van der Waals surface area contributed by atoms with Gasteiger partial charge in [0.2, 0.25) is 5.76 Å². The Hall–Kier alpha value is -1.81. The second kappa shape index (κ2) is 4.81. The van der Waals surface area contributed by atoms with Gasteiger partial charge in [0.05, 0.1) is 11.8 Å². The first-order valence-electron chi connectivity index (χ1n) is 4.34. The Kier molecular flexibility index (Phi) is 3.68. The SMILES string of the molecule is N#CCCS(=O)(=O)Cc1ccc(C(=O)O)o1. The molecule has 1 heterocycles. The van der Waals surface area contributed by atoms with E-state index in [4.69, 9.17) is 14.8 Å². The van der Waals surface area contributed by atoms with E-state index in [0.29, 0.717) is 0 Å². The first kappa shape index (κ1) is 12.3. The van der Waals surface area contributed by atoms with Crippen LogP contribution in [0.1, 0.15) is 22.7 Å². The van der Waals surface area contributed by atoms with Crippen LogP contribution >= 0.6 is 0 Å². The number of hydrogen-bond donors (Lipinski definition) is 1. The molecular formula is C9H9NO5S. The zero-order valence-corrected chi connectivity index (χ0v) is 9.03. The van der Waals surface area contributed by atoms with Gasteiger partial charge in [-0.15, -0.1) is 0 Å². The molecule has 1 N–H and O–H groups in total. The van der Waals surface area contributed by atoms with Crippen LogP contribution in [0.25, 0.3) is 0 Å². The Bertz CT molecular complexity index is 522. The minimum absolute atomic E-state index is 0.0651. The van der Waals surface area contributed by atoms with E-state index in [2.05, 4.69) is 0 Å². The van der Waals surface area contributed by atoms with Crippen LogP contribution in [0.5, 0.6) is 0 Å². The summed E-state index contributed by atoms with van der Waals surface area (Å²) in [5.74, 6) is -2.13. The Labute approximate surface area is 92.0 Å². The fraction of sp³-hybridized carbons (Fsp3) is 0.333. The molecule has 1 aromatic heterocycles. The smallest absolute Gasteiger partial charge is 0.371 e. The highest BCUT2D eigenvalue weighted by molar-refractivity contribution is 7.90. The summed E-state index contributed by atoms with van der Waals surface area (Å²) >= 11 is 0. The highest BCUT2D eigenvalue weighted by Crippen LogP contribution is 2.12. The van der Waals surface area contributed by atoms with Gasteiger partial charge in [0, 0.05) is 6.42 Å². The molecule has 0 aliphatic rings. The van der Waals surface area contributed by atoms with Crippen LogP contribution in [-0.4, -0.2) is 25.2 Å². The molecule has 1 aromatic rings. The zero-order chi connectivity index (χ0) is 12.2. The van der Waals surface area contributed by atoms with E-state index in [1.165, 1.54) is 12.1 Å². The average molecular weight is 243 g/mol. The number of hydrogen-bond acceptors (Lipinski definition) is 5. The number of carbonyl (C=O) groups is 1. The molecule has 0 atom stereocenters. The van der Waals surface area contributed by atoms with E-state index < -0.39 is 15.8 Å². The zero-order valence-electron chi connectivity index (χ0n) is 8.21. The fourth-order valence-corrected chi connectivity index (χ4v) is 2.20. The van der Waals surface area contributed by atoms with Gasteiger partial charge in [0.15, 0.2) is 9.84 Å². The second-order valence-electron chi connectivity index (χ2n) is 3.07. The van der Waals surface area contributed by atoms with Crippen molar-refractivity contribution < 1.29 is 22.7 Å². The molecule has 6 nitrogen and oxygen atoms in total. The van der Waals surface area contributed by atoms with Crippen molar-refractivity contribution in [1.82, 2.24) is 0 Å². The van der Waals surface area contributed by atoms with Crippen molar-refractivity contribution in [3.05, 3.63) is 23.7 Å². The number of sulfone groups is 1. The third-order valence-electron chi connectivity index (χ3n) is 1.76. The van der Waals surface area contributed by atoms with E-state index in [0.717, 1.165) is 0 Å². The normalized spacial score (nSPS) is 10.9. The molecule has 0 spiro atoms. The molecule has 0 aliphatic heterocycles. The average Bonchev–Trinajstić information content (AvgIpc) is 2.62. The lowest BCUT2D eigenvalue weighted by Gasteiger charge is -1.98. The van der Waals surface area contributed by atoms with E-state index in [1.54, 1.807) is 6.07 Å². The molecule has 0 bridgehead atoms. The molecule has 0 aliphatic carbocycles. The first-order chi connectivity index (χ1) is 7.44. The standard InChI is InChI=1S/C9H9NO5S/c10-4-1-5-16(13,14)6-7-2-3-8(15-7)9(11)12/h2-3H,1,5-6H2,(H,11,12). The number of nitrogens with zero attached hydrogens (tertiary/aromatic N) is 1. The molecule has 0 saturated carbocycles. The van der Waals surface area contributed by atoms with Gasteiger partial charge < -0.3 is 9.52 Å². The topological polar surface area (TPSA) is 108 Å². The van der Waals surface area contributed by atoms with Crippen molar-refractivity contribution in [2.45, 2.75) is 12.2 Å². The Balaban J connectivity index is 2.73. The van der Waals surface area contributed by atoms with Crippen molar-refractivity contribution >= 4 is 15.8 Å². The Morgan fingerprint density at radius 3 is 2.69 bits per heavy atom. The predicted molar refractivity (Wildman–Crippen MR) is 53.4 cm³/mol. The highest BCUT2D eigenvalue weighted by Gasteiger charge is 2.16. The first-order valence-corrected chi connectivity index (χ1v) is 6.16. The largest absolute Gasteiger partial charge is 0.475 e. The molecule has 0 unspecified atom stereocenters. The molecule has 0 aromatic carbocycles. The molecule has 1 rings (SSSR count). The summed E-state index contributed by atoms with van der Waals surface area (Å²) in [5, 5.41) is 16.8. The minimum atomic E-state index is -3.42. The van der Waals surface area contributed by atoms with Gasteiger partial charge in [-0.1, -0.05) is 0 Å². The Morgan fingerprint density at radius 2 is 2.19 bits per heavy atom. The van der Waals surface area contributed by atoms with Crippen molar-refractivity contribution in [2.75, 3.05) is 5.75 Å². The molecule has 16 heavy (non-hydrogen) atoms. The lowest BCUT2D eigenvalue weighted by molar-refractivity contribution is 0.0660. The number of furan rings is 1. The molecule has 7 heteroatoms. The van der Waals surface area contributed by atoms with Gasteiger partial charge >= 0.3 is 5.97 Å². The third-order valence-corrected chi connectivity index (χ3v) is 3.31. The third kappa shape index (κ3) is 3.40. The van der Waals surface area contributed by atoms with Crippen molar-refractivity contribution in [1.29, 1.82) is 5.26 Å². The summed E-state index contributed by atoms with van der Waals surface area (Å²) in [4.78, 5) is 10.5. The molecule has 0 amide bonds.